The minimum absolute atomic E-state index is 0.0713. The van der Waals surface area contributed by atoms with Crippen molar-refractivity contribution >= 4 is 11.9 Å². The average Bonchev–Trinajstić information content (AvgIpc) is 2.93. The zero-order chi connectivity index (χ0) is 29.5. The van der Waals surface area contributed by atoms with Crippen LogP contribution in [0.4, 0.5) is 0 Å². The van der Waals surface area contributed by atoms with E-state index in [0.29, 0.717) is 13.0 Å². The summed E-state index contributed by atoms with van der Waals surface area (Å²) in [5.74, 6) is -0.339. The van der Waals surface area contributed by atoms with Crippen LogP contribution in [0.15, 0.2) is 0 Å². The Hall–Kier alpha value is -1.06. The average molecular weight is 567 g/mol. The molecule has 0 aliphatic carbocycles. The van der Waals surface area contributed by atoms with E-state index >= 15 is 0 Å². The van der Waals surface area contributed by atoms with Crippen molar-refractivity contribution < 1.29 is 19.1 Å². The molecule has 0 aromatic carbocycles. The lowest BCUT2D eigenvalue weighted by Gasteiger charge is -2.19. The molecular formula is C36H70O4. The number of hydrogen-bond donors (Lipinski definition) is 0. The number of ether oxygens (including phenoxy) is 2. The van der Waals surface area contributed by atoms with Gasteiger partial charge in [-0.3, -0.25) is 9.59 Å². The van der Waals surface area contributed by atoms with E-state index in [1.165, 1.54) is 128 Å². The normalized spacial score (nSPS) is 12.1. The van der Waals surface area contributed by atoms with Crippen molar-refractivity contribution in [1.29, 1.82) is 0 Å². The van der Waals surface area contributed by atoms with E-state index in [4.69, 9.17) is 9.47 Å². The minimum atomic E-state index is -0.124. The number of esters is 2. The van der Waals surface area contributed by atoms with Crippen molar-refractivity contribution in [3.63, 3.8) is 0 Å². The van der Waals surface area contributed by atoms with Gasteiger partial charge >= 0.3 is 11.9 Å². The standard InChI is InChI=1S/C36H70O4/c1-5-7-9-11-13-15-16-17-18-19-21-23-25-27-32-39-35(37)31-28-30-34(40-36(38)33(3)4)29-26-24-22-20-14-12-10-8-6-2/h33-34H,5-32H2,1-4H3. The molecule has 0 aromatic rings. The Balaban J connectivity index is 3.76. The SMILES string of the molecule is CCCCCCCCCCCCCCCCOC(=O)CCCC(CCCCCCCCCCC)OC(=O)C(C)C. The zero-order valence-electron chi connectivity index (χ0n) is 27.6. The highest BCUT2D eigenvalue weighted by Gasteiger charge is 2.17. The Labute approximate surface area is 250 Å². The minimum Gasteiger partial charge on any atom is -0.466 e. The van der Waals surface area contributed by atoms with Gasteiger partial charge in [0.05, 0.1) is 12.5 Å². The van der Waals surface area contributed by atoms with Gasteiger partial charge in [0.15, 0.2) is 0 Å². The van der Waals surface area contributed by atoms with Gasteiger partial charge in [-0.1, -0.05) is 163 Å². The molecule has 0 fully saturated rings. The fraction of sp³-hybridized carbons (Fsp3) is 0.944. The zero-order valence-corrected chi connectivity index (χ0v) is 27.6. The highest BCUT2D eigenvalue weighted by atomic mass is 16.5. The summed E-state index contributed by atoms with van der Waals surface area (Å²) < 4.78 is 11.2. The molecule has 1 unspecified atom stereocenters. The summed E-state index contributed by atoms with van der Waals surface area (Å²) in [4.78, 5) is 24.4. The number of hydrogen-bond acceptors (Lipinski definition) is 4. The number of carbonyl (C=O) groups excluding carboxylic acids is 2. The molecule has 4 heteroatoms. The van der Waals surface area contributed by atoms with E-state index in [2.05, 4.69) is 13.8 Å². The maximum absolute atomic E-state index is 12.2. The summed E-state index contributed by atoms with van der Waals surface area (Å²) in [6, 6.07) is 0. The van der Waals surface area contributed by atoms with Gasteiger partial charge in [0.1, 0.15) is 6.10 Å². The van der Waals surface area contributed by atoms with E-state index in [1.54, 1.807) is 0 Å². The first-order chi connectivity index (χ1) is 19.5. The van der Waals surface area contributed by atoms with Gasteiger partial charge in [-0.2, -0.15) is 0 Å². The van der Waals surface area contributed by atoms with Crippen LogP contribution >= 0.6 is 0 Å². The predicted molar refractivity (Wildman–Crippen MR) is 172 cm³/mol. The van der Waals surface area contributed by atoms with Crippen LogP contribution < -0.4 is 0 Å². The van der Waals surface area contributed by atoms with Crippen molar-refractivity contribution in [3.8, 4) is 0 Å². The summed E-state index contributed by atoms with van der Waals surface area (Å²) in [5, 5.41) is 0. The van der Waals surface area contributed by atoms with Crippen LogP contribution in [0.5, 0.6) is 0 Å². The van der Waals surface area contributed by atoms with E-state index in [0.717, 1.165) is 38.5 Å². The van der Waals surface area contributed by atoms with Crippen LogP contribution in [-0.4, -0.2) is 24.6 Å². The van der Waals surface area contributed by atoms with Crippen LogP contribution in [0.25, 0.3) is 0 Å². The molecule has 0 N–H and O–H groups in total. The molecule has 0 rings (SSSR count). The molecule has 4 nitrogen and oxygen atoms in total. The lowest BCUT2D eigenvalue weighted by molar-refractivity contribution is -0.153. The number of carbonyl (C=O) groups is 2. The van der Waals surface area contributed by atoms with Crippen LogP contribution in [-0.2, 0) is 19.1 Å². The maximum Gasteiger partial charge on any atom is 0.308 e. The first-order valence-corrected chi connectivity index (χ1v) is 17.9. The molecule has 0 heterocycles. The van der Waals surface area contributed by atoms with E-state index in [1.807, 2.05) is 13.8 Å². The summed E-state index contributed by atoms with van der Waals surface area (Å²) in [7, 11) is 0. The van der Waals surface area contributed by atoms with Gasteiger partial charge in [0, 0.05) is 6.42 Å². The number of rotatable bonds is 31. The molecule has 0 spiro atoms. The second-order valence-corrected chi connectivity index (χ2v) is 12.5. The van der Waals surface area contributed by atoms with E-state index in [9.17, 15) is 9.59 Å². The van der Waals surface area contributed by atoms with Crippen molar-refractivity contribution in [3.05, 3.63) is 0 Å². The van der Waals surface area contributed by atoms with Crippen molar-refractivity contribution in [2.75, 3.05) is 6.61 Å². The Morgan fingerprint density at radius 3 is 1.30 bits per heavy atom. The molecular weight excluding hydrogens is 496 g/mol. The molecule has 238 valence electrons. The van der Waals surface area contributed by atoms with Gasteiger partial charge in [0.2, 0.25) is 0 Å². The molecule has 1 atom stereocenters. The number of unbranched alkanes of at least 4 members (excludes halogenated alkanes) is 21. The van der Waals surface area contributed by atoms with Crippen LogP contribution in [0, 0.1) is 5.92 Å². The van der Waals surface area contributed by atoms with Gasteiger partial charge < -0.3 is 9.47 Å². The smallest absolute Gasteiger partial charge is 0.308 e. The monoisotopic (exact) mass is 567 g/mol. The first kappa shape index (κ1) is 38.9. The summed E-state index contributed by atoms with van der Waals surface area (Å²) in [6.45, 7) is 8.84. The van der Waals surface area contributed by atoms with Crippen LogP contribution in [0.3, 0.4) is 0 Å². The Morgan fingerprint density at radius 2 is 0.875 bits per heavy atom. The third-order valence-electron chi connectivity index (χ3n) is 8.05. The van der Waals surface area contributed by atoms with Crippen LogP contribution in [0.2, 0.25) is 0 Å². The lowest BCUT2D eigenvalue weighted by Crippen LogP contribution is -2.22. The fourth-order valence-electron chi connectivity index (χ4n) is 5.27. The van der Waals surface area contributed by atoms with Crippen molar-refractivity contribution in [2.45, 2.75) is 207 Å². The van der Waals surface area contributed by atoms with Gasteiger partial charge in [-0.15, -0.1) is 0 Å². The molecule has 0 amide bonds. The molecule has 0 radical (unpaired) electrons. The van der Waals surface area contributed by atoms with E-state index in [-0.39, 0.29) is 24.0 Å². The highest BCUT2D eigenvalue weighted by Crippen LogP contribution is 2.18. The van der Waals surface area contributed by atoms with Gasteiger partial charge in [-0.05, 0) is 32.1 Å². The highest BCUT2D eigenvalue weighted by molar-refractivity contribution is 5.71. The van der Waals surface area contributed by atoms with Crippen LogP contribution in [0.1, 0.15) is 201 Å². The second-order valence-electron chi connectivity index (χ2n) is 12.5. The molecule has 0 aliphatic heterocycles. The predicted octanol–water partition coefficient (Wildman–Crippen LogP) is 11.7. The molecule has 0 saturated heterocycles. The molecule has 40 heavy (non-hydrogen) atoms. The van der Waals surface area contributed by atoms with Crippen molar-refractivity contribution in [2.24, 2.45) is 5.92 Å². The summed E-state index contributed by atoms with van der Waals surface area (Å²) in [6.07, 6.45) is 32.9. The lowest BCUT2D eigenvalue weighted by atomic mass is 10.0. The molecule has 0 aromatic heterocycles. The Morgan fingerprint density at radius 1 is 0.500 bits per heavy atom. The molecule has 0 aliphatic rings. The third kappa shape index (κ3) is 28.5. The molecule has 0 bridgehead atoms. The maximum atomic E-state index is 12.2. The third-order valence-corrected chi connectivity index (χ3v) is 8.05. The molecule has 0 saturated carbocycles. The summed E-state index contributed by atoms with van der Waals surface area (Å²) in [5.41, 5.74) is 0. The Bertz CT molecular complexity index is 545. The largest absolute Gasteiger partial charge is 0.466 e. The quantitative estimate of drug-likeness (QED) is 0.0618. The van der Waals surface area contributed by atoms with Crippen molar-refractivity contribution in [1.82, 2.24) is 0 Å². The second kappa shape index (κ2) is 30.9. The first-order valence-electron chi connectivity index (χ1n) is 17.9. The van der Waals surface area contributed by atoms with E-state index < -0.39 is 0 Å². The van der Waals surface area contributed by atoms with Gasteiger partial charge in [-0.25, -0.2) is 0 Å². The summed E-state index contributed by atoms with van der Waals surface area (Å²) >= 11 is 0. The van der Waals surface area contributed by atoms with Gasteiger partial charge in [0.25, 0.3) is 0 Å². The topological polar surface area (TPSA) is 52.6 Å². The Kier molecular flexibility index (Phi) is 30.1. The fourth-order valence-corrected chi connectivity index (χ4v) is 5.27.